The number of carboxylic acid groups (broad SMARTS) is 2. The smallest absolute Gasteiger partial charge is 0.414 e. The average Bonchev–Trinajstić information content (AvgIpc) is 3.72. The van der Waals surface area contributed by atoms with Gasteiger partial charge in [-0.05, 0) is 81.0 Å². The number of ether oxygens (including phenoxy) is 1. The third kappa shape index (κ3) is 6.47. The topological polar surface area (TPSA) is 107 Å². The molecule has 180 valence electrons. The van der Waals surface area contributed by atoms with Crippen molar-refractivity contribution in [3.63, 3.8) is 0 Å². The molecule has 5 rings (SSSR count). The van der Waals surface area contributed by atoms with Crippen LogP contribution in [0.4, 0.5) is 0 Å². The van der Waals surface area contributed by atoms with Crippen molar-refractivity contribution in [1.29, 1.82) is 0 Å². The molecule has 0 bridgehead atoms. The highest BCUT2D eigenvalue weighted by Gasteiger charge is 2.42. The number of rotatable bonds is 8. The molecule has 3 saturated carbocycles. The monoisotopic (exact) mass is 458 g/mol. The predicted molar refractivity (Wildman–Crippen MR) is 121 cm³/mol. The van der Waals surface area contributed by atoms with Gasteiger partial charge in [-0.25, -0.2) is 9.59 Å². The Morgan fingerprint density at radius 2 is 1.42 bits per heavy atom. The molecule has 4 fully saturated rings. The number of benzene rings is 1. The minimum absolute atomic E-state index is 0.214. The Labute approximate surface area is 194 Å². The van der Waals surface area contributed by atoms with E-state index in [1.165, 1.54) is 58.0 Å². The summed E-state index contributed by atoms with van der Waals surface area (Å²) in [6.45, 7) is 4.52. The van der Waals surface area contributed by atoms with Gasteiger partial charge < -0.3 is 24.7 Å². The molecule has 1 aliphatic heterocycles. The van der Waals surface area contributed by atoms with Crippen LogP contribution in [0.25, 0.3) is 0 Å². The lowest BCUT2D eigenvalue weighted by molar-refractivity contribution is -0.159. The lowest BCUT2D eigenvalue weighted by atomic mass is 10.0. The number of carbonyl (C=O) groups excluding carboxylic acids is 1. The van der Waals surface area contributed by atoms with Gasteiger partial charge in [0.05, 0.1) is 6.61 Å². The van der Waals surface area contributed by atoms with Gasteiger partial charge in [0.15, 0.2) is 0 Å². The predicted octanol–water partition coefficient (Wildman–Crippen LogP) is 3.11. The van der Waals surface area contributed by atoms with Crippen LogP contribution in [0.3, 0.4) is 0 Å². The maximum absolute atomic E-state index is 12.8. The van der Waals surface area contributed by atoms with Gasteiger partial charge >= 0.3 is 11.9 Å². The first-order valence-electron chi connectivity index (χ1n) is 12.2. The maximum atomic E-state index is 12.8. The first-order valence-corrected chi connectivity index (χ1v) is 12.2. The van der Waals surface area contributed by atoms with Crippen molar-refractivity contribution in [2.45, 2.75) is 63.5 Å². The first-order chi connectivity index (χ1) is 15.9. The molecule has 0 spiro atoms. The van der Waals surface area contributed by atoms with Crippen LogP contribution in [0, 0.1) is 11.8 Å². The van der Waals surface area contributed by atoms with Crippen LogP contribution in [0.2, 0.25) is 0 Å². The molecule has 0 radical (unpaired) electrons. The number of fused-ring (bicyclic) bond motifs is 1. The quantitative estimate of drug-likeness (QED) is 0.455. The van der Waals surface area contributed by atoms with Gasteiger partial charge in [-0.2, -0.15) is 0 Å². The van der Waals surface area contributed by atoms with Crippen LogP contribution in [0.15, 0.2) is 24.3 Å². The van der Waals surface area contributed by atoms with Gasteiger partial charge in [0.2, 0.25) is 0 Å². The van der Waals surface area contributed by atoms with E-state index >= 15 is 0 Å². The number of carboxylic acids is 2. The fraction of sp³-hybridized carbons (Fsp3) is 0.640. The molecule has 2 unspecified atom stereocenters. The summed E-state index contributed by atoms with van der Waals surface area (Å²) in [6.07, 6.45) is 10.2. The third-order valence-corrected chi connectivity index (χ3v) is 7.09. The van der Waals surface area contributed by atoms with Gasteiger partial charge in [0, 0.05) is 37.3 Å². The summed E-state index contributed by atoms with van der Waals surface area (Å²) >= 11 is 0. The second-order valence-electron chi connectivity index (χ2n) is 9.72. The zero-order valence-corrected chi connectivity index (χ0v) is 19.0. The molecule has 8 heteroatoms. The Morgan fingerprint density at radius 3 is 1.91 bits per heavy atom. The summed E-state index contributed by atoms with van der Waals surface area (Å²) < 4.78 is 5.92. The van der Waals surface area contributed by atoms with Gasteiger partial charge in [0.25, 0.3) is 5.91 Å². The molecule has 2 N–H and O–H groups in total. The Morgan fingerprint density at radius 1 is 0.879 bits per heavy atom. The van der Waals surface area contributed by atoms with Gasteiger partial charge in [0.1, 0.15) is 5.75 Å². The van der Waals surface area contributed by atoms with Crippen LogP contribution >= 0.6 is 0 Å². The highest BCUT2D eigenvalue weighted by Crippen LogP contribution is 2.39. The van der Waals surface area contributed by atoms with Crippen LogP contribution in [0.5, 0.6) is 5.75 Å². The number of amides is 1. The van der Waals surface area contributed by atoms with Crippen molar-refractivity contribution in [3.8, 4) is 5.75 Å². The second kappa shape index (κ2) is 10.5. The van der Waals surface area contributed by atoms with Crippen molar-refractivity contribution in [2.24, 2.45) is 11.8 Å². The number of hydrogen-bond donors (Lipinski definition) is 2. The summed E-state index contributed by atoms with van der Waals surface area (Å²) in [5.74, 6) is -0.603. The average molecular weight is 459 g/mol. The van der Waals surface area contributed by atoms with Crippen LogP contribution < -0.4 is 4.74 Å². The first kappa shape index (κ1) is 23.5. The molecule has 1 saturated heterocycles. The third-order valence-electron chi connectivity index (χ3n) is 7.09. The highest BCUT2D eigenvalue weighted by molar-refractivity contribution is 6.27. The van der Waals surface area contributed by atoms with E-state index in [1.54, 1.807) is 0 Å². The molecule has 2 atom stereocenters. The number of carbonyl (C=O) groups is 3. The van der Waals surface area contributed by atoms with Gasteiger partial charge in [-0.1, -0.05) is 6.42 Å². The summed E-state index contributed by atoms with van der Waals surface area (Å²) in [5.41, 5.74) is 0.810. The molecule has 1 aromatic rings. The summed E-state index contributed by atoms with van der Waals surface area (Å²) in [4.78, 5) is 35.8. The summed E-state index contributed by atoms with van der Waals surface area (Å²) in [7, 11) is 0. The fourth-order valence-electron chi connectivity index (χ4n) is 5.17. The SMILES string of the molecule is O=C(O)C(=O)O.O=C(c1ccc(OCCCN2CC3CCCC3C2)cc1)N(C1CC1)C1CC1. The molecule has 4 aliphatic rings. The molecule has 8 nitrogen and oxygen atoms in total. The Hall–Kier alpha value is -2.61. The Kier molecular flexibility index (Phi) is 7.53. The normalized spacial score (nSPS) is 23.9. The highest BCUT2D eigenvalue weighted by atomic mass is 16.5. The van der Waals surface area contributed by atoms with Crippen molar-refractivity contribution in [3.05, 3.63) is 29.8 Å². The van der Waals surface area contributed by atoms with Crippen molar-refractivity contribution >= 4 is 17.8 Å². The van der Waals surface area contributed by atoms with E-state index in [-0.39, 0.29) is 5.91 Å². The number of nitrogens with zero attached hydrogens (tertiary/aromatic N) is 2. The standard InChI is InChI=1S/C23H32N2O2.C2H2O4/c26-23(25(20-7-8-20)21-9-10-21)17-5-11-22(12-6-17)27-14-2-13-24-15-18-3-1-4-19(18)16-24;3-1(4)2(5)6/h5-6,11-12,18-21H,1-4,7-10,13-16H2;(H,3,4)(H,5,6). The lowest BCUT2D eigenvalue weighted by Gasteiger charge is -2.22. The minimum Gasteiger partial charge on any atom is -0.494 e. The minimum atomic E-state index is -1.82. The molecule has 1 aromatic carbocycles. The second-order valence-corrected chi connectivity index (χ2v) is 9.72. The largest absolute Gasteiger partial charge is 0.494 e. The van der Waals surface area contributed by atoms with E-state index in [2.05, 4.69) is 9.80 Å². The van der Waals surface area contributed by atoms with Crippen LogP contribution in [-0.2, 0) is 9.59 Å². The van der Waals surface area contributed by atoms with E-state index < -0.39 is 11.9 Å². The number of hydrogen-bond acceptors (Lipinski definition) is 5. The number of likely N-dealkylation sites (tertiary alicyclic amines) is 1. The molecular weight excluding hydrogens is 424 g/mol. The zero-order chi connectivity index (χ0) is 23.4. The van der Waals surface area contributed by atoms with E-state index in [4.69, 9.17) is 24.5 Å². The lowest BCUT2D eigenvalue weighted by Crippen LogP contribution is -2.35. The van der Waals surface area contributed by atoms with Crippen molar-refractivity contribution in [2.75, 3.05) is 26.2 Å². The molecule has 3 aliphatic carbocycles. The zero-order valence-electron chi connectivity index (χ0n) is 19.0. The van der Waals surface area contributed by atoms with E-state index in [0.29, 0.717) is 12.1 Å². The molecular formula is C25H34N2O6. The number of aliphatic carboxylic acids is 2. The van der Waals surface area contributed by atoms with E-state index in [0.717, 1.165) is 42.7 Å². The van der Waals surface area contributed by atoms with Crippen LogP contribution in [0.1, 0.15) is 61.7 Å². The van der Waals surface area contributed by atoms with Crippen LogP contribution in [-0.4, -0.2) is 76.2 Å². The fourth-order valence-corrected chi connectivity index (χ4v) is 5.17. The summed E-state index contributed by atoms with van der Waals surface area (Å²) in [6, 6.07) is 8.82. The molecule has 0 aromatic heterocycles. The van der Waals surface area contributed by atoms with Gasteiger partial charge in [-0.3, -0.25) is 4.79 Å². The van der Waals surface area contributed by atoms with Gasteiger partial charge in [-0.15, -0.1) is 0 Å². The molecule has 33 heavy (non-hydrogen) atoms. The van der Waals surface area contributed by atoms with E-state index in [9.17, 15) is 4.79 Å². The Bertz CT molecular complexity index is 813. The van der Waals surface area contributed by atoms with Crippen molar-refractivity contribution in [1.82, 2.24) is 9.80 Å². The maximum Gasteiger partial charge on any atom is 0.414 e. The molecule has 1 amide bonds. The van der Waals surface area contributed by atoms with Crippen molar-refractivity contribution < 1.29 is 29.3 Å². The molecule has 1 heterocycles. The van der Waals surface area contributed by atoms with E-state index in [1.807, 2.05) is 24.3 Å². The Balaban J connectivity index is 0.000000385. The summed E-state index contributed by atoms with van der Waals surface area (Å²) in [5, 5.41) is 14.8.